The number of nitro groups is 1. The van der Waals surface area contributed by atoms with Crippen LogP contribution in [0.4, 0.5) is 10.1 Å². The highest BCUT2D eigenvalue weighted by Crippen LogP contribution is 2.16. The van der Waals surface area contributed by atoms with Crippen LogP contribution in [0.15, 0.2) is 18.2 Å². The highest BCUT2D eigenvalue weighted by Gasteiger charge is 2.21. The summed E-state index contributed by atoms with van der Waals surface area (Å²) in [6, 6.07) is 4.17. The van der Waals surface area contributed by atoms with Gasteiger partial charge in [-0.15, -0.1) is 0 Å². The van der Waals surface area contributed by atoms with Crippen LogP contribution < -0.4 is 5.19 Å². The number of nitrogens with zero attached hydrogens (tertiary/aromatic N) is 1. The molecule has 5 heteroatoms. The van der Waals surface area contributed by atoms with Crippen LogP contribution in [0.2, 0.25) is 19.6 Å². The molecular weight excluding hydrogens is 201 g/mol. The van der Waals surface area contributed by atoms with Gasteiger partial charge in [0.2, 0.25) is 0 Å². The number of hydrogen-bond acceptors (Lipinski definition) is 2. The second-order valence-electron chi connectivity index (χ2n) is 4.17. The van der Waals surface area contributed by atoms with Gasteiger partial charge in [-0.05, 0) is 6.07 Å². The van der Waals surface area contributed by atoms with E-state index in [1.54, 1.807) is 6.07 Å². The Kier molecular flexibility index (Phi) is 2.70. The number of benzene rings is 1. The smallest absolute Gasteiger partial charge is 0.258 e. The van der Waals surface area contributed by atoms with Gasteiger partial charge in [0.05, 0.1) is 13.0 Å². The van der Waals surface area contributed by atoms with Gasteiger partial charge in [-0.1, -0.05) is 30.9 Å². The molecule has 0 fully saturated rings. The van der Waals surface area contributed by atoms with Crippen LogP contribution in [0.25, 0.3) is 0 Å². The molecule has 0 saturated heterocycles. The summed E-state index contributed by atoms with van der Waals surface area (Å²) >= 11 is 0. The third-order valence-electron chi connectivity index (χ3n) is 2.01. The summed E-state index contributed by atoms with van der Waals surface area (Å²) in [7, 11) is -1.59. The lowest BCUT2D eigenvalue weighted by Gasteiger charge is -2.15. The molecule has 1 rings (SSSR count). The molecule has 0 radical (unpaired) electrons. The Labute approximate surface area is 82.7 Å². The maximum Gasteiger partial charge on any atom is 0.304 e. The van der Waals surface area contributed by atoms with Crippen LogP contribution in [-0.4, -0.2) is 13.0 Å². The SMILES string of the molecule is C[Si](C)(C)c1ccc([N+](=O)[O-])c(F)c1. The van der Waals surface area contributed by atoms with Gasteiger partial charge < -0.3 is 0 Å². The molecule has 0 amide bonds. The zero-order valence-corrected chi connectivity index (χ0v) is 9.37. The molecule has 0 aliphatic carbocycles. The molecule has 0 bridgehead atoms. The fraction of sp³-hybridized carbons (Fsp3) is 0.333. The quantitative estimate of drug-likeness (QED) is 0.429. The zero-order valence-electron chi connectivity index (χ0n) is 8.37. The number of hydrogen-bond donors (Lipinski definition) is 0. The zero-order chi connectivity index (χ0) is 10.9. The molecule has 0 saturated carbocycles. The molecule has 76 valence electrons. The third-order valence-corrected chi connectivity index (χ3v) is 4.05. The molecule has 0 N–H and O–H groups in total. The van der Waals surface area contributed by atoms with Crippen molar-refractivity contribution < 1.29 is 9.31 Å². The minimum atomic E-state index is -1.59. The summed E-state index contributed by atoms with van der Waals surface area (Å²) in [5.74, 6) is -0.741. The predicted octanol–water partition coefficient (Wildman–Crippen LogP) is 2.28. The minimum absolute atomic E-state index is 0.452. The van der Waals surface area contributed by atoms with Crippen LogP contribution in [0.3, 0.4) is 0 Å². The molecular formula is C9H12FNO2Si. The fourth-order valence-corrected chi connectivity index (χ4v) is 2.26. The average molecular weight is 213 g/mol. The Bertz CT molecular complexity index is 374. The lowest BCUT2D eigenvalue weighted by molar-refractivity contribution is -0.387. The summed E-state index contributed by atoms with van der Waals surface area (Å²) in [4.78, 5) is 9.65. The minimum Gasteiger partial charge on any atom is -0.258 e. The normalized spacial score (nSPS) is 11.4. The molecule has 14 heavy (non-hydrogen) atoms. The van der Waals surface area contributed by atoms with Crippen molar-refractivity contribution in [2.24, 2.45) is 0 Å². The van der Waals surface area contributed by atoms with E-state index in [-0.39, 0.29) is 0 Å². The van der Waals surface area contributed by atoms with Gasteiger partial charge in [0.25, 0.3) is 0 Å². The second kappa shape index (κ2) is 3.49. The first-order valence-electron chi connectivity index (χ1n) is 4.27. The summed E-state index contributed by atoms with van der Waals surface area (Å²) in [6.45, 7) is 6.19. The molecule has 0 atom stereocenters. The molecule has 3 nitrogen and oxygen atoms in total. The van der Waals surface area contributed by atoms with E-state index in [4.69, 9.17) is 0 Å². The fourth-order valence-electron chi connectivity index (χ4n) is 1.12. The maximum absolute atomic E-state index is 13.2. The summed E-state index contributed by atoms with van der Waals surface area (Å²) < 4.78 is 13.2. The lowest BCUT2D eigenvalue weighted by Crippen LogP contribution is -2.37. The van der Waals surface area contributed by atoms with Crippen molar-refractivity contribution in [3.05, 3.63) is 34.1 Å². The number of halogens is 1. The Balaban J connectivity index is 3.20. The lowest BCUT2D eigenvalue weighted by atomic mass is 10.3. The molecule has 1 aromatic rings. The highest BCUT2D eigenvalue weighted by molar-refractivity contribution is 6.88. The van der Waals surface area contributed by atoms with E-state index in [9.17, 15) is 14.5 Å². The van der Waals surface area contributed by atoms with Crippen LogP contribution in [0, 0.1) is 15.9 Å². The van der Waals surface area contributed by atoms with Crippen LogP contribution in [-0.2, 0) is 0 Å². The van der Waals surface area contributed by atoms with Gasteiger partial charge >= 0.3 is 5.69 Å². The summed E-state index contributed by atoms with van der Waals surface area (Å²) in [5, 5.41) is 11.2. The summed E-state index contributed by atoms with van der Waals surface area (Å²) in [6.07, 6.45) is 0. The largest absolute Gasteiger partial charge is 0.304 e. The van der Waals surface area contributed by atoms with Crippen LogP contribution >= 0.6 is 0 Å². The van der Waals surface area contributed by atoms with Gasteiger partial charge in [-0.2, -0.15) is 4.39 Å². The molecule has 0 spiro atoms. The van der Waals surface area contributed by atoms with E-state index < -0.39 is 24.5 Å². The van der Waals surface area contributed by atoms with Gasteiger partial charge in [-0.25, -0.2) is 0 Å². The van der Waals surface area contributed by atoms with Gasteiger partial charge in [-0.3, -0.25) is 10.1 Å². The van der Waals surface area contributed by atoms with Crippen molar-refractivity contribution >= 4 is 18.9 Å². The van der Waals surface area contributed by atoms with E-state index >= 15 is 0 Å². The molecule has 0 aliphatic heterocycles. The molecule has 0 unspecified atom stereocenters. The molecule has 1 aromatic carbocycles. The number of rotatable bonds is 2. The van der Waals surface area contributed by atoms with Crippen molar-refractivity contribution in [2.75, 3.05) is 0 Å². The highest BCUT2D eigenvalue weighted by atomic mass is 28.3. The maximum atomic E-state index is 13.2. The molecule has 0 heterocycles. The monoisotopic (exact) mass is 213 g/mol. The van der Waals surface area contributed by atoms with Crippen molar-refractivity contribution in [3.8, 4) is 0 Å². The van der Waals surface area contributed by atoms with E-state index in [2.05, 4.69) is 19.6 Å². The van der Waals surface area contributed by atoms with Gasteiger partial charge in [0.15, 0.2) is 5.82 Å². The first kappa shape index (κ1) is 10.8. The first-order valence-corrected chi connectivity index (χ1v) is 7.77. The van der Waals surface area contributed by atoms with E-state index in [1.807, 2.05) is 0 Å². The van der Waals surface area contributed by atoms with E-state index in [0.29, 0.717) is 0 Å². The van der Waals surface area contributed by atoms with E-state index in [1.165, 1.54) is 12.1 Å². The van der Waals surface area contributed by atoms with Gasteiger partial charge in [0.1, 0.15) is 0 Å². The number of nitro benzene ring substituents is 1. The van der Waals surface area contributed by atoms with Crippen molar-refractivity contribution in [1.29, 1.82) is 0 Å². The molecule has 0 aliphatic rings. The van der Waals surface area contributed by atoms with Crippen LogP contribution in [0.1, 0.15) is 0 Å². The Morgan fingerprint density at radius 2 is 1.93 bits per heavy atom. The van der Waals surface area contributed by atoms with Crippen LogP contribution in [0.5, 0.6) is 0 Å². The first-order chi connectivity index (χ1) is 6.32. The Hall–Kier alpha value is -1.23. The third kappa shape index (κ3) is 2.17. The Morgan fingerprint density at radius 3 is 2.29 bits per heavy atom. The summed E-state index contributed by atoms with van der Waals surface area (Å²) in [5.41, 5.74) is -0.452. The molecule has 0 aromatic heterocycles. The van der Waals surface area contributed by atoms with Gasteiger partial charge in [0, 0.05) is 6.07 Å². The van der Waals surface area contributed by atoms with Crippen molar-refractivity contribution in [2.45, 2.75) is 19.6 Å². The average Bonchev–Trinajstić information content (AvgIpc) is 2.01. The van der Waals surface area contributed by atoms with E-state index in [0.717, 1.165) is 5.19 Å². The second-order valence-corrected chi connectivity index (χ2v) is 9.25. The topological polar surface area (TPSA) is 43.1 Å². The van der Waals surface area contributed by atoms with Crippen molar-refractivity contribution in [3.63, 3.8) is 0 Å². The predicted molar refractivity (Wildman–Crippen MR) is 56.0 cm³/mol. The Morgan fingerprint density at radius 1 is 1.36 bits per heavy atom. The van der Waals surface area contributed by atoms with Crippen molar-refractivity contribution in [1.82, 2.24) is 0 Å². The standard InChI is InChI=1S/C9H12FNO2Si/c1-14(2,3)7-4-5-9(11(12)13)8(10)6-7/h4-6H,1-3H3.